The summed E-state index contributed by atoms with van der Waals surface area (Å²) in [6, 6.07) is 2.30. The highest BCUT2D eigenvalue weighted by molar-refractivity contribution is 5.29. The molecule has 1 fully saturated rings. The van der Waals surface area contributed by atoms with Crippen molar-refractivity contribution in [3.05, 3.63) is 12.3 Å². The Hall–Kier alpha value is -1.32. The van der Waals surface area contributed by atoms with Gasteiger partial charge in [0, 0.05) is 18.3 Å². The van der Waals surface area contributed by atoms with Crippen LogP contribution in [-0.2, 0) is 0 Å². The van der Waals surface area contributed by atoms with Crippen LogP contribution in [-0.4, -0.2) is 22.1 Å². The topological polar surface area (TPSA) is 47.0 Å². The van der Waals surface area contributed by atoms with Crippen LogP contribution in [0.15, 0.2) is 12.3 Å². The minimum atomic E-state index is 0.142. The Morgan fingerprint density at radius 2 is 2.24 bits per heavy atom. The zero-order chi connectivity index (χ0) is 12.3. The molecule has 2 atom stereocenters. The minimum absolute atomic E-state index is 0.142. The summed E-state index contributed by atoms with van der Waals surface area (Å²) in [6.45, 7) is 6.27. The van der Waals surface area contributed by atoms with Gasteiger partial charge in [0.05, 0.1) is 6.10 Å². The lowest BCUT2D eigenvalue weighted by atomic mass is 10.1. The van der Waals surface area contributed by atoms with Crippen molar-refractivity contribution in [2.75, 3.05) is 5.32 Å². The molecule has 4 nitrogen and oxygen atoms in total. The van der Waals surface area contributed by atoms with Gasteiger partial charge in [-0.2, -0.15) is 4.98 Å². The fourth-order valence-corrected chi connectivity index (χ4v) is 2.24. The summed E-state index contributed by atoms with van der Waals surface area (Å²) in [5, 5.41) is 3.40. The number of ether oxygens (including phenoxy) is 1. The van der Waals surface area contributed by atoms with E-state index in [1.165, 1.54) is 19.3 Å². The summed E-state index contributed by atoms with van der Waals surface area (Å²) in [4.78, 5) is 8.61. The van der Waals surface area contributed by atoms with Gasteiger partial charge in [-0.1, -0.05) is 13.3 Å². The molecule has 17 heavy (non-hydrogen) atoms. The zero-order valence-corrected chi connectivity index (χ0v) is 10.8. The van der Waals surface area contributed by atoms with Gasteiger partial charge in [-0.25, -0.2) is 4.98 Å². The van der Waals surface area contributed by atoms with Gasteiger partial charge in [0.25, 0.3) is 0 Å². The molecule has 1 aliphatic carbocycles. The molecule has 2 unspecified atom stereocenters. The Morgan fingerprint density at radius 3 is 2.88 bits per heavy atom. The molecule has 1 saturated carbocycles. The second-order valence-electron chi connectivity index (χ2n) is 5.04. The Kier molecular flexibility index (Phi) is 3.82. The van der Waals surface area contributed by atoms with Crippen molar-refractivity contribution in [3.8, 4) is 5.88 Å². The maximum Gasteiger partial charge on any atom is 0.226 e. The van der Waals surface area contributed by atoms with Crippen LogP contribution in [0.4, 0.5) is 5.95 Å². The van der Waals surface area contributed by atoms with E-state index >= 15 is 0 Å². The predicted molar refractivity (Wildman–Crippen MR) is 68.2 cm³/mol. The summed E-state index contributed by atoms with van der Waals surface area (Å²) in [7, 11) is 0. The number of nitrogens with zero attached hydrogens (tertiary/aromatic N) is 2. The third-order valence-electron chi connectivity index (χ3n) is 3.16. The van der Waals surface area contributed by atoms with Gasteiger partial charge in [0.15, 0.2) is 0 Å². The summed E-state index contributed by atoms with van der Waals surface area (Å²) in [5.74, 6) is 2.03. The second kappa shape index (κ2) is 5.34. The average molecular weight is 235 g/mol. The highest BCUT2D eigenvalue weighted by Crippen LogP contribution is 2.27. The van der Waals surface area contributed by atoms with Crippen LogP contribution in [0.25, 0.3) is 0 Å². The number of rotatable bonds is 4. The molecule has 0 bridgehead atoms. The van der Waals surface area contributed by atoms with Crippen molar-refractivity contribution < 1.29 is 4.74 Å². The van der Waals surface area contributed by atoms with Gasteiger partial charge >= 0.3 is 0 Å². The summed E-state index contributed by atoms with van der Waals surface area (Å²) in [5.41, 5.74) is 0. The number of hydrogen-bond donors (Lipinski definition) is 1. The first-order valence-corrected chi connectivity index (χ1v) is 6.41. The zero-order valence-electron chi connectivity index (χ0n) is 10.8. The molecule has 0 aliphatic heterocycles. The molecule has 1 aromatic rings. The van der Waals surface area contributed by atoms with Crippen LogP contribution in [0.5, 0.6) is 5.88 Å². The molecule has 4 heteroatoms. The summed E-state index contributed by atoms with van der Waals surface area (Å²) in [6.07, 6.45) is 5.68. The lowest BCUT2D eigenvalue weighted by Crippen LogP contribution is -2.23. The molecule has 1 heterocycles. The van der Waals surface area contributed by atoms with Gasteiger partial charge in [-0.15, -0.1) is 0 Å². The smallest absolute Gasteiger partial charge is 0.226 e. The van der Waals surface area contributed by atoms with Gasteiger partial charge in [0.1, 0.15) is 0 Å². The average Bonchev–Trinajstić information content (AvgIpc) is 2.64. The van der Waals surface area contributed by atoms with Crippen molar-refractivity contribution in [3.63, 3.8) is 0 Å². The van der Waals surface area contributed by atoms with Gasteiger partial charge in [-0.05, 0) is 32.6 Å². The Balaban J connectivity index is 2.00. The largest absolute Gasteiger partial charge is 0.475 e. The molecule has 0 aromatic carbocycles. The first-order chi connectivity index (χ1) is 8.15. The van der Waals surface area contributed by atoms with Crippen LogP contribution in [0.1, 0.15) is 40.0 Å². The van der Waals surface area contributed by atoms with E-state index < -0.39 is 0 Å². The molecular weight excluding hydrogens is 214 g/mol. The highest BCUT2D eigenvalue weighted by Gasteiger charge is 2.23. The fourth-order valence-electron chi connectivity index (χ4n) is 2.24. The lowest BCUT2D eigenvalue weighted by molar-refractivity contribution is 0.232. The Morgan fingerprint density at radius 1 is 1.41 bits per heavy atom. The first kappa shape index (κ1) is 12.1. The van der Waals surface area contributed by atoms with E-state index in [9.17, 15) is 0 Å². The number of hydrogen-bond acceptors (Lipinski definition) is 4. The van der Waals surface area contributed by atoms with Gasteiger partial charge in [-0.3, -0.25) is 0 Å². The van der Waals surface area contributed by atoms with E-state index in [0.717, 1.165) is 0 Å². The predicted octanol–water partition coefficient (Wildman–Crippen LogP) is 2.86. The fraction of sp³-hybridized carbons (Fsp3) is 0.692. The number of anilines is 1. The molecule has 0 amide bonds. The van der Waals surface area contributed by atoms with Crippen molar-refractivity contribution in [1.82, 2.24) is 9.97 Å². The van der Waals surface area contributed by atoms with Crippen molar-refractivity contribution >= 4 is 5.95 Å². The minimum Gasteiger partial charge on any atom is -0.475 e. The third-order valence-corrected chi connectivity index (χ3v) is 3.16. The number of aromatic nitrogens is 2. The Bertz CT molecular complexity index is 367. The van der Waals surface area contributed by atoms with Crippen molar-refractivity contribution in [2.24, 2.45) is 5.92 Å². The number of nitrogens with one attached hydrogen (secondary N) is 1. The van der Waals surface area contributed by atoms with Gasteiger partial charge in [0.2, 0.25) is 11.8 Å². The summed E-state index contributed by atoms with van der Waals surface area (Å²) < 4.78 is 5.56. The van der Waals surface area contributed by atoms with Crippen LogP contribution < -0.4 is 10.1 Å². The molecule has 0 radical (unpaired) electrons. The second-order valence-corrected chi connectivity index (χ2v) is 5.04. The normalized spacial score (nSPS) is 24.0. The van der Waals surface area contributed by atoms with E-state index in [0.29, 0.717) is 23.8 Å². The van der Waals surface area contributed by atoms with E-state index in [-0.39, 0.29) is 6.10 Å². The van der Waals surface area contributed by atoms with Crippen LogP contribution in [0.3, 0.4) is 0 Å². The molecule has 1 aromatic heterocycles. The third kappa shape index (κ3) is 3.32. The standard InChI is InChI=1S/C13H21N3O/c1-9(2)17-12-7-8-14-13(16-12)15-11-6-4-5-10(11)3/h7-11H,4-6H2,1-3H3,(H,14,15,16). The van der Waals surface area contributed by atoms with Crippen molar-refractivity contribution in [1.29, 1.82) is 0 Å². The first-order valence-electron chi connectivity index (χ1n) is 6.41. The molecule has 1 N–H and O–H groups in total. The maximum atomic E-state index is 5.56. The molecule has 94 valence electrons. The van der Waals surface area contributed by atoms with E-state index in [2.05, 4.69) is 22.2 Å². The quantitative estimate of drug-likeness (QED) is 0.871. The lowest BCUT2D eigenvalue weighted by Gasteiger charge is -2.17. The molecular formula is C13H21N3O. The molecule has 0 saturated heterocycles. The van der Waals surface area contributed by atoms with E-state index in [1.54, 1.807) is 12.3 Å². The van der Waals surface area contributed by atoms with E-state index in [4.69, 9.17) is 4.74 Å². The van der Waals surface area contributed by atoms with E-state index in [1.807, 2.05) is 13.8 Å². The van der Waals surface area contributed by atoms with Gasteiger partial charge < -0.3 is 10.1 Å². The van der Waals surface area contributed by atoms with Crippen LogP contribution in [0.2, 0.25) is 0 Å². The summed E-state index contributed by atoms with van der Waals surface area (Å²) >= 11 is 0. The maximum absolute atomic E-state index is 5.56. The van der Waals surface area contributed by atoms with Crippen LogP contribution in [0, 0.1) is 5.92 Å². The monoisotopic (exact) mass is 235 g/mol. The highest BCUT2D eigenvalue weighted by atomic mass is 16.5. The Labute approximate surface area is 103 Å². The molecule has 2 rings (SSSR count). The SMILES string of the molecule is CC(C)Oc1ccnc(NC2CCCC2C)n1. The molecule has 0 spiro atoms. The molecule has 1 aliphatic rings. The van der Waals surface area contributed by atoms with Crippen LogP contribution >= 0.6 is 0 Å². The van der Waals surface area contributed by atoms with Crippen molar-refractivity contribution in [2.45, 2.75) is 52.2 Å².